The molecular weight excluding hydrogens is 432 g/mol. The standard InChI is InChI=1S/C28H41BrO/c1-8-28(9-2,25-14-11-23(16-17-29)21(4)19-25)24-13-10-22(20(3)18-24)12-15-26(30)27(5,6)7/h10-11,13-14,18-19,26,30H,8-9,12,15-17H2,1-7H3. The Bertz CT molecular complexity index is 827. The van der Waals surface area contributed by atoms with Crippen LogP contribution in [0.4, 0.5) is 0 Å². The first-order valence-electron chi connectivity index (χ1n) is 11.5. The van der Waals surface area contributed by atoms with E-state index in [1.165, 1.54) is 33.4 Å². The lowest BCUT2D eigenvalue weighted by atomic mass is 9.69. The summed E-state index contributed by atoms with van der Waals surface area (Å²) in [6, 6.07) is 14.1. The van der Waals surface area contributed by atoms with Crippen LogP contribution in [-0.4, -0.2) is 16.5 Å². The monoisotopic (exact) mass is 472 g/mol. The van der Waals surface area contributed by atoms with Crippen LogP contribution < -0.4 is 0 Å². The molecule has 1 unspecified atom stereocenters. The molecule has 0 radical (unpaired) electrons. The highest BCUT2D eigenvalue weighted by Gasteiger charge is 2.31. The number of alkyl halides is 1. The number of benzene rings is 2. The topological polar surface area (TPSA) is 20.2 Å². The Kier molecular flexibility index (Phi) is 8.77. The summed E-state index contributed by atoms with van der Waals surface area (Å²) in [7, 11) is 0. The Morgan fingerprint density at radius 2 is 1.30 bits per heavy atom. The highest BCUT2D eigenvalue weighted by molar-refractivity contribution is 9.09. The van der Waals surface area contributed by atoms with E-state index < -0.39 is 0 Å². The SMILES string of the molecule is CCC(CC)(c1ccc(CCBr)c(C)c1)c1ccc(CCC(O)C(C)(C)C)c(C)c1. The number of hydrogen-bond acceptors (Lipinski definition) is 1. The predicted molar refractivity (Wildman–Crippen MR) is 135 cm³/mol. The second kappa shape index (κ2) is 10.5. The van der Waals surface area contributed by atoms with E-state index in [9.17, 15) is 5.11 Å². The first-order chi connectivity index (χ1) is 14.1. The van der Waals surface area contributed by atoms with Gasteiger partial charge in [0.15, 0.2) is 0 Å². The van der Waals surface area contributed by atoms with Crippen LogP contribution in [0.5, 0.6) is 0 Å². The molecule has 0 saturated carbocycles. The minimum atomic E-state index is -0.275. The van der Waals surface area contributed by atoms with Gasteiger partial charge in [-0.25, -0.2) is 0 Å². The van der Waals surface area contributed by atoms with Crippen LogP contribution in [0.25, 0.3) is 0 Å². The molecule has 0 aliphatic heterocycles. The van der Waals surface area contributed by atoms with Gasteiger partial charge >= 0.3 is 0 Å². The van der Waals surface area contributed by atoms with Crippen LogP contribution in [0.15, 0.2) is 36.4 Å². The fraction of sp³-hybridized carbons (Fsp3) is 0.571. The molecule has 0 fully saturated rings. The van der Waals surface area contributed by atoms with Crippen molar-refractivity contribution in [2.75, 3.05) is 5.33 Å². The van der Waals surface area contributed by atoms with Gasteiger partial charge in [-0.3, -0.25) is 0 Å². The van der Waals surface area contributed by atoms with E-state index in [4.69, 9.17) is 0 Å². The third kappa shape index (κ3) is 5.56. The van der Waals surface area contributed by atoms with Gasteiger partial charge in [0.05, 0.1) is 6.10 Å². The van der Waals surface area contributed by atoms with E-state index in [-0.39, 0.29) is 16.9 Å². The molecule has 0 spiro atoms. The molecule has 0 heterocycles. The summed E-state index contributed by atoms with van der Waals surface area (Å²) >= 11 is 3.57. The second-order valence-electron chi connectivity index (χ2n) is 9.93. The first-order valence-corrected chi connectivity index (χ1v) is 12.6. The zero-order chi connectivity index (χ0) is 22.5. The molecule has 0 bridgehead atoms. The second-order valence-corrected chi connectivity index (χ2v) is 10.7. The van der Waals surface area contributed by atoms with E-state index in [1.54, 1.807) is 0 Å². The molecule has 2 aromatic rings. The fourth-order valence-electron chi connectivity index (χ4n) is 4.61. The van der Waals surface area contributed by atoms with Crippen molar-refractivity contribution in [3.8, 4) is 0 Å². The highest BCUT2D eigenvalue weighted by Crippen LogP contribution is 2.40. The number of aliphatic hydroxyl groups is 1. The van der Waals surface area contributed by atoms with Crippen molar-refractivity contribution < 1.29 is 5.11 Å². The van der Waals surface area contributed by atoms with Crippen molar-refractivity contribution in [1.82, 2.24) is 0 Å². The van der Waals surface area contributed by atoms with Crippen LogP contribution in [0, 0.1) is 19.3 Å². The van der Waals surface area contributed by atoms with Crippen LogP contribution in [0.1, 0.15) is 87.3 Å². The van der Waals surface area contributed by atoms with Gasteiger partial charge in [0.25, 0.3) is 0 Å². The summed E-state index contributed by atoms with van der Waals surface area (Å²) in [6.45, 7) is 15.4. The number of aryl methyl sites for hydroxylation is 4. The van der Waals surface area contributed by atoms with Crippen LogP contribution in [0.3, 0.4) is 0 Å². The molecule has 0 amide bonds. The van der Waals surface area contributed by atoms with Gasteiger partial charge in [-0.15, -0.1) is 0 Å². The van der Waals surface area contributed by atoms with E-state index in [0.29, 0.717) is 0 Å². The average Bonchev–Trinajstić information content (AvgIpc) is 2.69. The molecule has 1 nitrogen and oxygen atoms in total. The number of rotatable bonds is 9. The zero-order valence-electron chi connectivity index (χ0n) is 20.1. The van der Waals surface area contributed by atoms with Gasteiger partial charge in [0.1, 0.15) is 0 Å². The van der Waals surface area contributed by atoms with E-state index in [2.05, 4.69) is 101 Å². The Balaban J connectivity index is 2.36. The molecule has 2 rings (SSSR count). The molecule has 0 aliphatic carbocycles. The lowest BCUT2D eigenvalue weighted by Gasteiger charge is -2.34. The van der Waals surface area contributed by atoms with Crippen LogP contribution in [0.2, 0.25) is 0 Å². The summed E-state index contributed by atoms with van der Waals surface area (Å²) in [5.41, 5.74) is 8.34. The van der Waals surface area contributed by atoms with Crippen LogP contribution >= 0.6 is 15.9 Å². The first kappa shape index (κ1) is 25.1. The number of halogens is 1. The predicted octanol–water partition coefficient (Wildman–Crippen LogP) is 7.69. The van der Waals surface area contributed by atoms with Gasteiger partial charge in [-0.05, 0) is 84.7 Å². The normalized spacial score (nSPS) is 13.5. The Labute approximate surface area is 193 Å². The quantitative estimate of drug-likeness (QED) is 0.370. The van der Waals surface area contributed by atoms with Gasteiger partial charge in [0.2, 0.25) is 0 Å². The van der Waals surface area contributed by atoms with Crippen molar-refractivity contribution in [1.29, 1.82) is 0 Å². The molecule has 30 heavy (non-hydrogen) atoms. The summed E-state index contributed by atoms with van der Waals surface area (Å²) in [5.74, 6) is 0. The average molecular weight is 474 g/mol. The van der Waals surface area contributed by atoms with Crippen LogP contribution in [-0.2, 0) is 18.3 Å². The highest BCUT2D eigenvalue weighted by atomic mass is 79.9. The van der Waals surface area contributed by atoms with Crippen molar-refractivity contribution >= 4 is 15.9 Å². The third-order valence-corrected chi connectivity index (χ3v) is 7.44. The maximum Gasteiger partial charge on any atom is 0.0591 e. The lowest BCUT2D eigenvalue weighted by molar-refractivity contribution is 0.0560. The molecule has 2 heteroatoms. The Hall–Kier alpha value is -1.12. The van der Waals surface area contributed by atoms with E-state index in [1.807, 2.05) is 0 Å². The molecule has 0 aliphatic rings. The maximum absolute atomic E-state index is 10.4. The molecule has 0 aromatic heterocycles. The van der Waals surface area contributed by atoms with Gasteiger partial charge in [-0.1, -0.05) is 86.9 Å². The molecule has 166 valence electrons. The third-order valence-electron chi connectivity index (χ3n) is 7.05. The smallest absolute Gasteiger partial charge is 0.0591 e. The Morgan fingerprint density at radius 3 is 1.67 bits per heavy atom. The molecule has 1 N–H and O–H groups in total. The van der Waals surface area contributed by atoms with Crippen molar-refractivity contribution in [2.24, 2.45) is 5.41 Å². The minimum Gasteiger partial charge on any atom is -0.393 e. The minimum absolute atomic E-state index is 0.0475. The van der Waals surface area contributed by atoms with Crippen molar-refractivity contribution in [3.05, 3.63) is 69.8 Å². The number of aliphatic hydroxyl groups excluding tert-OH is 1. The summed E-state index contributed by atoms with van der Waals surface area (Å²) in [4.78, 5) is 0. The molecule has 2 aromatic carbocycles. The maximum atomic E-state index is 10.4. The Morgan fingerprint density at radius 1 is 0.833 bits per heavy atom. The van der Waals surface area contributed by atoms with Crippen molar-refractivity contribution in [2.45, 2.75) is 92.1 Å². The summed E-state index contributed by atoms with van der Waals surface area (Å²) in [6.07, 6.45) is 4.71. The molecular formula is C28H41BrO. The van der Waals surface area contributed by atoms with Gasteiger partial charge in [-0.2, -0.15) is 0 Å². The van der Waals surface area contributed by atoms with Gasteiger partial charge < -0.3 is 5.11 Å². The fourth-order valence-corrected chi connectivity index (χ4v) is 5.04. The van der Waals surface area contributed by atoms with E-state index >= 15 is 0 Å². The zero-order valence-corrected chi connectivity index (χ0v) is 21.7. The summed E-state index contributed by atoms with van der Waals surface area (Å²) in [5, 5.41) is 11.4. The largest absolute Gasteiger partial charge is 0.393 e. The molecule has 0 saturated heterocycles. The lowest BCUT2D eigenvalue weighted by Crippen LogP contribution is -2.27. The van der Waals surface area contributed by atoms with Gasteiger partial charge in [0, 0.05) is 10.7 Å². The number of hydrogen-bond donors (Lipinski definition) is 1. The summed E-state index contributed by atoms with van der Waals surface area (Å²) < 4.78 is 0. The van der Waals surface area contributed by atoms with E-state index in [0.717, 1.165) is 37.4 Å². The van der Waals surface area contributed by atoms with Crippen molar-refractivity contribution in [3.63, 3.8) is 0 Å². The molecule has 1 atom stereocenters.